The molecule has 0 fully saturated rings. The Bertz CT molecular complexity index is 459. The molecule has 2 N–H and O–H groups in total. The fourth-order valence-corrected chi connectivity index (χ4v) is 2.18. The van der Waals surface area contributed by atoms with Gasteiger partial charge in [0, 0.05) is 18.5 Å². The second-order valence-electron chi connectivity index (χ2n) is 3.63. The van der Waals surface area contributed by atoms with Crippen molar-refractivity contribution in [2.24, 2.45) is 5.73 Å². The maximum absolute atomic E-state index is 11.9. The lowest BCUT2D eigenvalue weighted by molar-refractivity contribution is 0.0993. The van der Waals surface area contributed by atoms with Gasteiger partial charge >= 0.3 is 0 Å². The van der Waals surface area contributed by atoms with E-state index < -0.39 is 0 Å². The number of ketones is 1. The van der Waals surface area contributed by atoms with Crippen LogP contribution in [0.5, 0.6) is 0 Å². The molecule has 0 unspecified atom stereocenters. The number of hydrogen-bond acceptors (Lipinski definition) is 3. The average molecular weight is 231 g/mol. The van der Waals surface area contributed by atoms with Gasteiger partial charge in [-0.25, -0.2) is 0 Å². The lowest BCUT2D eigenvalue weighted by Crippen LogP contribution is -2.03. The molecule has 0 spiro atoms. The third-order valence-corrected chi connectivity index (χ3v) is 3.19. The Morgan fingerprint density at radius 1 is 1.12 bits per heavy atom. The molecule has 82 valence electrons. The van der Waals surface area contributed by atoms with Crippen LogP contribution in [0.2, 0.25) is 0 Å². The highest BCUT2D eigenvalue weighted by Gasteiger charge is 2.06. The van der Waals surface area contributed by atoms with Gasteiger partial charge in [0.2, 0.25) is 0 Å². The summed E-state index contributed by atoms with van der Waals surface area (Å²) in [4.78, 5) is 11.9. The lowest BCUT2D eigenvalue weighted by atomic mass is 10.0. The standard InChI is InChI=1S/C13H13NOS/c14-8-10-1-3-12(4-2-10)13(15)7-11-5-6-16-9-11/h1-6,9H,7-8,14H2. The van der Waals surface area contributed by atoms with Gasteiger partial charge in [-0.3, -0.25) is 4.79 Å². The van der Waals surface area contributed by atoms with Gasteiger partial charge in [-0.05, 0) is 28.0 Å². The first-order chi connectivity index (χ1) is 7.79. The highest BCUT2D eigenvalue weighted by Crippen LogP contribution is 2.11. The summed E-state index contributed by atoms with van der Waals surface area (Å²) in [5, 5.41) is 3.99. The van der Waals surface area contributed by atoms with Crippen LogP contribution in [0.4, 0.5) is 0 Å². The van der Waals surface area contributed by atoms with Crippen LogP contribution in [0, 0.1) is 0 Å². The summed E-state index contributed by atoms with van der Waals surface area (Å²) in [6, 6.07) is 9.48. The van der Waals surface area contributed by atoms with E-state index in [1.165, 1.54) is 0 Å². The Labute approximate surface area is 98.7 Å². The average Bonchev–Trinajstić information content (AvgIpc) is 2.82. The number of nitrogens with two attached hydrogens (primary N) is 1. The zero-order chi connectivity index (χ0) is 11.4. The molecular weight excluding hydrogens is 218 g/mol. The van der Waals surface area contributed by atoms with Gasteiger partial charge in [0.15, 0.2) is 5.78 Å². The van der Waals surface area contributed by atoms with Gasteiger partial charge in [0.25, 0.3) is 0 Å². The van der Waals surface area contributed by atoms with Crippen molar-refractivity contribution < 1.29 is 4.79 Å². The molecule has 0 saturated carbocycles. The van der Waals surface area contributed by atoms with Crippen LogP contribution < -0.4 is 5.73 Å². The zero-order valence-corrected chi connectivity index (χ0v) is 9.67. The number of carbonyl (C=O) groups is 1. The highest BCUT2D eigenvalue weighted by molar-refractivity contribution is 7.08. The molecule has 0 radical (unpaired) electrons. The molecular formula is C13H13NOS. The summed E-state index contributed by atoms with van der Waals surface area (Å²) in [7, 11) is 0. The molecule has 1 aromatic heterocycles. The van der Waals surface area contributed by atoms with Crippen LogP contribution in [0.15, 0.2) is 41.1 Å². The second-order valence-corrected chi connectivity index (χ2v) is 4.41. The maximum atomic E-state index is 11.9. The summed E-state index contributed by atoms with van der Waals surface area (Å²) in [5.41, 5.74) is 8.38. The third-order valence-electron chi connectivity index (χ3n) is 2.46. The fourth-order valence-electron chi connectivity index (χ4n) is 1.51. The first-order valence-corrected chi connectivity index (χ1v) is 6.07. The largest absolute Gasteiger partial charge is 0.326 e. The summed E-state index contributed by atoms with van der Waals surface area (Å²) < 4.78 is 0. The third kappa shape index (κ3) is 2.56. The lowest BCUT2D eigenvalue weighted by Gasteiger charge is -2.01. The molecule has 0 amide bonds. The van der Waals surface area contributed by atoms with E-state index >= 15 is 0 Å². The molecule has 2 rings (SSSR count). The van der Waals surface area contributed by atoms with E-state index in [1.54, 1.807) is 11.3 Å². The minimum atomic E-state index is 0.155. The Hall–Kier alpha value is -1.45. The van der Waals surface area contributed by atoms with Gasteiger partial charge < -0.3 is 5.73 Å². The van der Waals surface area contributed by atoms with Crippen molar-refractivity contribution in [3.05, 3.63) is 57.8 Å². The first-order valence-electron chi connectivity index (χ1n) is 5.13. The van der Waals surface area contributed by atoms with E-state index in [0.717, 1.165) is 16.7 Å². The first kappa shape index (κ1) is 11.0. The van der Waals surface area contributed by atoms with Crippen molar-refractivity contribution in [3.8, 4) is 0 Å². The van der Waals surface area contributed by atoms with Crippen LogP contribution in [-0.4, -0.2) is 5.78 Å². The van der Waals surface area contributed by atoms with Gasteiger partial charge in [-0.1, -0.05) is 24.3 Å². The summed E-state index contributed by atoms with van der Waals surface area (Å²) >= 11 is 1.61. The van der Waals surface area contributed by atoms with Gasteiger partial charge in [0.1, 0.15) is 0 Å². The van der Waals surface area contributed by atoms with Crippen molar-refractivity contribution in [2.45, 2.75) is 13.0 Å². The highest BCUT2D eigenvalue weighted by atomic mass is 32.1. The fraction of sp³-hybridized carbons (Fsp3) is 0.154. The van der Waals surface area contributed by atoms with E-state index in [0.29, 0.717) is 13.0 Å². The molecule has 0 saturated heterocycles. The molecule has 16 heavy (non-hydrogen) atoms. The molecule has 0 bridgehead atoms. The minimum absolute atomic E-state index is 0.155. The van der Waals surface area contributed by atoms with Crippen molar-refractivity contribution in [1.29, 1.82) is 0 Å². The van der Waals surface area contributed by atoms with E-state index in [2.05, 4.69) is 0 Å². The minimum Gasteiger partial charge on any atom is -0.326 e. The predicted octanol–water partition coefficient (Wildman–Crippen LogP) is 2.63. The molecule has 0 aliphatic carbocycles. The Balaban J connectivity index is 2.09. The molecule has 1 aromatic carbocycles. The van der Waals surface area contributed by atoms with Crippen molar-refractivity contribution in [2.75, 3.05) is 0 Å². The monoisotopic (exact) mass is 231 g/mol. The van der Waals surface area contributed by atoms with Crippen molar-refractivity contribution in [3.63, 3.8) is 0 Å². The number of thiophene rings is 1. The molecule has 2 aromatic rings. The Morgan fingerprint density at radius 2 is 1.88 bits per heavy atom. The summed E-state index contributed by atoms with van der Waals surface area (Å²) in [5.74, 6) is 0.155. The number of Topliss-reactive ketones (excluding diaryl/α,β-unsaturated/α-hetero) is 1. The van der Waals surface area contributed by atoms with Crippen LogP contribution >= 0.6 is 11.3 Å². The molecule has 0 aliphatic rings. The Morgan fingerprint density at radius 3 is 2.44 bits per heavy atom. The molecule has 2 nitrogen and oxygen atoms in total. The normalized spacial score (nSPS) is 10.3. The number of hydrogen-bond donors (Lipinski definition) is 1. The molecule has 0 atom stereocenters. The van der Waals surface area contributed by atoms with E-state index in [4.69, 9.17) is 5.73 Å². The molecule has 3 heteroatoms. The molecule has 1 heterocycles. The van der Waals surface area contributed by atoms with E-state index in [9.17, 15) is 4.79 Å². The summed E-state index contributed by atoms with van der Waals surface area (Å²) in [6.07, 6.45) is 0.478. The van der Waals surface area contributed by atoms with Crippen molar-refractivity contribution >= 4 is 17.1 Å². The van der Waals surface area contributed by atoms with Crippen LogP contribution in [0.1, 0.15) is 21.5 Å². The quantitative estimate of drug-likeness (QED) is 0.822. The SMILES string of the molecule is NCc1ccc(C(=O)Cc2ccsc2)cc1. The van der Waals surface area contributed by atoms with E-state index in [1.807, 2.05) is 41.1 Å². The topological polar surface area (TPSA) is 43.1 Å². The van der Waals surface area contributed by atoms with E-state index in [-0.39, 0.29) is 5.78 Å². The number of rotatable bonds is 4. The van der Waals surface area contributed by atoms with Crippen molar-refractivity contribution in [1.82, 2.24) is 0 Å². The van der Waals surface area contributed by atoms with Crippen LogP contribution in [0.3, 0.4) is 0 Å². The van der Waals surface area contributed by atoms with Gasteiger partial charge in [0.05, 0.1) is 0 Å². The maximum Gasteiger partial charge on any atom is 0.167 e. The smallest absolute Gasteiger partial charge is 0.167 e. The predicted molar refractivity (Wildman–Crippen MR) is 66.7 cm³/mol. The van der Waals surface area contributed by atoms with Crippen LogP contribution in [0.25, 0.3) is 0 Å². The van der Waals surface area contributed by atoms with Gasteiger partial charge in [-0.2, -0.15) is 11.3 Å². The van der Waals surface area contributed by atoms with Crippen LogP contribution in [-0.2, 0) is 13.0 Å². The molecule has 0 aliphatic heterocycles. The number of benzene rings is 1. The van der Waals surface area contributed by atoms with Gasteiger partial charge in [-0.15, -0.1) is 0 Å². The second kappa shape index (κ2) is 5.05. The summed E-state index contributed by atoms with van der Waals surface area (Å²) in [6.45, 7) is 0.513. The zero-order valence-electron chi connectivity index (χ0n) is 8.85. The number of carbonyl (C=O) groups excluding carboxylic acids is 1. The Kier molecular flexibility index (Phi) is 3.49.